The lowest BCUT2D eigenvalue weighted by molar-refractivity contribution is -0.136. The van der Waals surface area contributed by atoms with E-state index in [-0.39, 0.29) is 17.4 Å². The molecular weight excluding hydrogens is 438 g/mol. The summed E-state index contributed by atoms with van der Waals surface area (Å²) in [6.45, 7) is 7.26. The number of nitrogens with zero attached hydrogens (tertiary/aromatic N) is 5. The number of amides is 1. The van der Waals surface area contributed by atoms with E-state index in [1.54, 1.807) is 12.3 Å². The number of hydrogen-bond acceptors (Lipinski definition) is 5. The summed E-state index contributed by atoms with van der Waals surface area (Å²) >= 11 is 0. The summed E-state index contributed by atoms with van der Waals surface area (Å²) in [7, 11) is 0. The highest BCUT2D eigenvalue weighted by Gasteiger charge is 2.31. The normalized spacial score (nSPS) is 18.5. The number of hydrogen-bond donors (Lipinski definition) is 0. The molecule has 2 fully saturated rings. The molecule has 0 aliphatic carbocycles. The molecule has 1 aromatic heterocycles. The zero-order valence-corrected chi connectivity index (χ0v) is 20.3. The van der Waals surface area contributed by atoms with Crippen LogP contribution in [0.2, 0.25) is 0 Å². The number of piperidine rings is 1. The van der Waals surface area contributed by atoms with E-state index in [4.69, 9.17) is 0 Å². The first-order chi connectivity index (χ1) is 17.1. The van der Waals surface area contributed by atoms with Crippen LogP contribution in [0.1, 0.15) is 24.0 Å². The number of anilines is 2. The number of carbonyl (C=O) groups excluding carboxylic acids is 1. The van der Waals surface area contributed by atoms with Crippen LogP contribution in [0.3, 0.4) is 0 Å². The Balaban J connectivity index is 1.19. The highest BCUT2D eigenvalue weighted by Crippen LogP contribution is 2.25. The van der Waals surface area contributed by atoms with Crippen LogP contribution in [0.4, 0.5) is 11.4 Å². The first-order valence-electron chi connectivity index (χ1n) is 12.5. The minimum absolute atomic E-state index is 0.0407. The smallest absolute Gasteiger partial charge is 0.269 e. The van der Waals surface area contributed by atoms with Crippen LogP contribution in [0, 0.1) is 12.8 Å². The number of carbonyl (C=O) groups is 1. The zero-order valence-electron chi connectivity index (χ0n) is 20.3. The summed E-state index contributed by atoms with van der Waals surface area (Å²) in [5.74, 6) is 0.199. The Bertz CT molecular complexity index is 1220. The highest BCUT2D eigenvalue weighted by atomic mass is 16.2. The Morgan fingerprint density at radius 1 is 0.914 bits per heavy atom. The van der Waals surface area contributed by atoms with Gasteiger partial charge in [0, 0.05) is 51.0 Å². The predicted molar refractivity (Wildman–Crippen MR) is 139 cm³/mol. The Hall–Kier alpha value is -3.61. The monoisotopic (exact) mass is 471 g/mol. The second kappa shape index (κ2) is 10.3. The summed E-state index contributed by atoms with van der Waals surface area (Å²) in [4.78, 5) is 32.6. The van der Waals surface area contributed by atoms with Crippen molar-refractivity contribution in [2.45, 2.75) is 26.3 Å². The van der Waals surface area contributed by atoms with Gasteiger partial charge < -0.3 is 14.7 Å². The van der Waals surface area contributed by atoms with Gasteiger partial charge in [-0.15, -0.1) is 0 Å². The maximum atomic E-state index is 13.4. The molecule has 2 saturated heterocycles. The first-order valence-corrected chi connectivity index (χ1v) is 12.5. The third-order valence-electron chi connectivity index (χ3n) is 7.12. The average molecular weight is 472 g/mol. The Kier molecular flexibility index (Phi) is 6.84. The van der Waals surface area contributed by atoms with Gasteiger partial charge in [0.15, 0.2) is 0 Å². The molecule has 182 valence electrons. The van der Waals surface area contributed by atoms with Gasteiger partial charge in [-0.25, -0.2) is 4.68 Å². The van der Waals surface area contributed by atoms with E-state index in [1.165, 1.54) is 15.9 Å². The number of aryl methyl sites for hydroxylation is 1. The van der Waals surface area contributed by atoms with E-state index < -0.39 is 0 Å². The standard InChI is InChI=1S/C28H33N5O2/c1-22-7-5-11-25(17-22)30-13-15-31(16-14-30)28(35)24-10-6-12-32(21-24)26-18-27(34)33(29-19-26)20-23-8-3-2-4-9-23/h2-5,7-9,11,17-19,24H,6,10,12-16,20-21H2,1H3. The van der Waals surface area contributed by atoms with Gasteiger partial charge in [0.1, 0.15) is 0 Å². The molecule has 0 radical (unpaired) electrons. The van der Waals surface area contributed by atoms with Gasteiger partial charge >= 0.3 is 0 Å². The number of piperazine rings is 1. The zero-order chi connectivity index (χ0) is 24.2. The molecule has 7 nitrogen and oxygen atoms in total. The second-order valence-corrected chi connectivity index (χ2v) is 9.63. The molecule has 5 rings (SSSR count). The molecule has 1 amide bonds. The van der Waals surface area contributed by atoms with E-state index in [0.29, 0.717) is 13.1 Å². The van der Waals surface area contributed by atoms with Crippen LogP contribution in [0.25, 0.3) is 0 Å². The lowest BCUT2D eigenvalue weighted by Gasteiger charge is -2.40. The minimum atomic E-state index is -0.118. The molecule has 0 saturated carbocycles. The van der Waals surface area contributed by atoms with Gasteiger partial charge in [0.25, 0.3) is 5.56 Å². The van der Waals surface area contributed by atoms with Crippen molar-refractivity contribution >= 4 is 17.3 Å². The van der Waals surface area contributed by atoms with E-state index in [9.17, 15) is 9.59 Å². The second-order valence-electron chi connectivity index (χ2n) is 9.63. The molecule has 3 heterocycles. The largest absolute Gasteiger partial charge is 0.369 e. The van der Waals surface area contributed by atoms with Crippen LogP contribution in [-0.4, -0.2) is 59.9 Å². The van der Waals surface area contributed by atoms with Crippen LogP contribution in [0.5, 0.6) is 0 Å². The summed E-state index contributed by atoms with van der Waals surface area (Å²) in [5, 5.41) is 4.41. The number of benzene rings is 2. The van der Waals surface area contributed by atoms with E-state index in [0.717, 1.165) is 56.8 Å². The molecular formula is C28H33N5O2. The molecule has 2 aromatic carbocycles. The van der Waals surface area contributed by atoms with Crippen LogP contribution in [0.15, 0.2) is 71.7 Å². The first kappa shape index (κ1) is 23.1. The van der Waals surface area contributed by atoms with Gasteiger partial charge in [0.05, 0.1) is 24.3 Å². The molecule has 1 atom stereocenters. The van der Waals surface area contributed by atoms with Gasteiger partial charge in [-0.05, 0) is 43.0 Å². The maximum Gasteiger partial charge on any atom is 0.269 e. The van der Waals surface area contributed by atoms with Gasteiger partial charge in [-0.2, -0.15) is 5.10 Å². The average Bonchev–Trinajstić information content (AvgIpc) is 2.90. The molecule has 0 spiro atoms. The molecule has 35 heavy (non-hydrogen) atoms. The highest BCUT2D eigenvalue weighted by molar-refractivity contribution is 5.80. The van der Waals surface area contributed by atoms with Crippen LogP contribution < -0.4 is 15.4 Å². The molecule has 7 heteroatoms. The lowest BCUT2D eigenvalue weighted by atomic mass is 9.96. The van der Waals surface area contributed by atoms with Crippen molar-refractivity contribution in [2.75, 3.05) is 49.1 Å². The lowest BCUT2D eigenvalue weighted by Crippen LogP contribution is -2.52. The molecule has 0 N–H and O–H groups in total. The SMILES string of the molecule is Cc1cccc(N2CCN(C(=O)C3CCCN(c4cnn(Cc5ccccc5)c(=O)c4)C3)CC2)c1. The Labute approximate surface area is 206 Å². The predicted octanol–water partition coefficient (Wildman–Crippen LogP) is 3.17. The molecule has 3 aromatic rings. The Morgan fingerprint density at radius 2 is 1.71 bits per heavy atom. The van der Waals surface area contributed by atoms with Crippen LogP contribution in [-0.2, 0) is 11.3 Å². The maximum absolute atomic E-state index is 13.4. The van der Waals surface area contributed by atoms with E-state index in [1.807, 2.05) is 35.2 Å². The minimum Gasteiger partial charge on any atom is -0.369 e. The van der Waals surface area contributed by atoms with Crippen molar-refractivity contribution in [3.63, 3.8) is 0 Å². The Morgan fingerprint density at radius 3 is 2.46 bits per heavy atom. The van der Waals surface area contributed by atoms with Gasteiger partial charge in [-0.1, -0.05) is 42.5 Å². The van der Waals surface area contributed by atoms with Crippen molar-refractivity contribution in [3.05, 3.63) is 88.3 Å². The van der Waals surface area contributed by atoms with Crippen molar-refractivity contribution in [1.29, 1.82) is 0 Å². The molecule has 2 aliphatic rings. The third-order valence-corrected chi connectivity index (χ3v) is 7.12. The van der Waals surface area contributed by atoms with Crippen LogP contribution >= 0.6 is 0 Å². The number of rotatable bonds is 5. The van der Waals surface area contributed by atoms with Crippen molar-refractivity contribution in [3.8, 4) is 0 Å². The molecule has 2 aliphatic heterocycles. The van der Waals surface area contributed by atoms with Crippen molar-refractivity contribution < 1.29 is 4.79 Å². The summed E-state index contributed by atoms with van der Waals surface area (Å²) in [6.07, 6.45) is 3.59. The summed E-state index contributed by atoms with van der Waals surface area (Å²) in [6, 6.07) is 20.1. The topological polar surface area (TPSA) is 61.7 Å². The summed E-state index contributed by atoms with van der Waals surface area (Å²) in [5.41, 5.74) is 4.22. The fourth-order valence-corrected chi connectivity index (χ4v) is 5.15. The molecule has 0 bridgehead atoms. The van der Waals surface area contributed by atoms with E-state index >= 15 is 0 Å². The fraction of sp³-hybridized carbons (Fsp3) is 0.393. The van der Waals surface area contributed by atoms with Crippen molar-refractivity contribution in [2.24, 2.45) is 5.92 Å². The fourth-order valence-electron chi connectivity index (χ4n) is 5.15. The van der Waals surface area contributed by atoms with Gasteiger partial charge in [-0.3, -0.25) is 9.59 Å². The quantitative estimate of drug-likeness (QED) is 0.572. The summed E-state index contributed by atoms with van der Waals surface area (Å²) < 4.78 is 1.49. The van der Waals surface area contributed by atoms with Gasteiger partial charge in [0.2, 0.25) is 5.91 Å². The molecule has 1 unspecified atom stereocenters. The van der Waals surface area contributed by atoms with Crippen molar-refractivity contribution in [1.82, 2.24) is 14.7 Å². The third kappa shape index (κ3) is 5.39. The van der Waals surface area contributed by atoms with E-state index in [2.05, 4.69) is 46.1 Å². The number of aromatic nitrogens is 2.